The average Bonchev–Trinajstić information content (AvgIpc) is 2.67. The van der Waals surface area contributed by atoms with E-state index in [2.05, 4.69) is 34.5 Å². The maximum absolute atomic E-state index is 12.7. The van der Waals surface area contributed by atoms with E-state index in [9.17, 15) is 9.59 Å². The number of hydrogen-bond acceptors (Lipinski definition) is 4. The van der Waals surface area contributed by atoms with Crippen molar-refractivity contribution in [3.63, 3.8) is 0 Å². The summed E-state index contributed by atoms with van der Waals surface area (Å²) in [6.07, 6.45) is 5.34. The molecule has 172 valence electrons. The largest absolute Gasteiger partial charge is 0.444 e. The van der Waals surface area contributed by atoms with Crippen LogP contribution < -0.4 is 5.32 Å². The minimum atomic E-state index is -0.487. The number of benzene rings is 1. The number of ether oxygens (including phenoxy) is 1. The molecule has 1 aliphatic heterocycles. The second-order valence-corrected chi connectivity index (χ2v) is 10.4. The molecule has 0 spiro atoms. The highest BCUT2D eigenvalue weighted by Gasteiger charge is 2.38. The minimum Gasteiger partial charge on any atom is -0.444 e. The van der Waals surface area contributed by atoms with Gasteiger partial charge in [0.2, 0.25) is 5.91 Å². The molecule has 2 amide bonds. The molecule has 1 saturated carbocycles. The monoisotopic (exact) mass is 429 g/mol. The third-order valence-corrected chi connectivity index (χ3v) is 6.53. The van der Waals surface area contributed by atoms with Gasteiger partial charge in [-0.15, -0.1) is 0 Å². The highest BCUT2D eigenvalue weighted by atomic mass is 16.6. The molecule has 1 heterocycles. The van der Waals surface area contributed by atoms with E-state index < -0.39 is 5.60 Å². The number of rotatable bonds is 7. The molecule has 6 heteroatoms. The Morgan fingerprint density at radius 2 is 1.90 bits per heavy atom. The Morgan fingerprint density at radius 3 is 2.52 bits per heavy atom. The Kier molecular flexibility index (Phi) is 7.63. The van der Waals surface area contributed by atoms with Crippen LogP contribution >= 0.6 is 0 Å². The average molecular weight is 430 g/mol. The standard InChI is InChI=1S/C25H39N3O3/c1-24(2,3)31-23(30)27(4)16-20-10-8-15-28(17-20)18-22(29)26-19-25(13-9-14-25)21-11-6-5-7-12-21/h5-7,11-12,20H,8-10,13-19H2,1-4H3,(H,26,29). The van der Waals surface area contributed by atoms with E-state index >= 15 is 0 Å². The molecule has 1 aliphatic carbocycles. The summed E-state index contributed by atoms with van der Waals surface area (Å²) in [5.41, 5.74) is 0.960. The van der Waals surface area contributed by atoms with E-state index in [0.717, 1.165) is 38.8 Å². The first kappa shape index (κ1) is 23.6. The van der Waals surface area contributed by atoms with E-state index in [-0.39, 0.29) is 17.4 Å². The number of amides is 2. The minimum absolute atomic E-state index is 0.100. The molecule has 1 aromatic carbocycles. The first-order valence-corrected chi connectivity index (χ1v) is 11.7. The molecular weight excluding hydrogens is 390 g/mol. The summed E-state index contributed by atoms with van der Waals surface area (Å²) in [7, 11) is 1.79. The number of piperidine rings is 1. The molecule has 0 bridgehead atoms. The fourth-order valence-corrected chi connectivity index (χ4v) is 4.74. The van der Waals surface area contributed by atoms with Crippen LogP contribution in [-0.4, -0.2) is 67.2 Å². The van der Waals surface area contributed by atoms with Crippen LogP contribution in [0, 0.1) is 5.92 Å². The van der Waals surface area contributed by atoms with Crippen LogP contribution in [0.2, 0.25) is 0 Å². The highest BCUT2D eigenvalue weighted by Crippen LogP contribution is 2.43. The topological polar surface area (TPSA) is 61.9 Å². The van der Waals surface area contributed by atoms with Gasteiger partial charge in [-0.25, -0.2) is 4.79 Å². The SMILES string of the molecule is CN(CC1CCCN(CC(=O)NCC2(c3ccccc3)CCC2)C1)C(=O)OC(C)(C)C. The van der Waals surface area contributed by atoms with Gasteiger partial charge in [0.15, 0.2) is 0 Å². The Bertz CT molecular complexity index is 740. The van der Waals surface area contributed by atoms with Crippen LogP contribution in [0.1, 0.15) is 58.4 Å². The van der Waals surface area contributed by atoms with Gasteiger partial charge in [0.25, 0.3) is 0 Å². The zero-order valence-electron chi connectivity index (χ0n) is 19.7. The summed E-state index contributed by atoms with van der Waals surface area (Å²) < 4.78 is 5.46. The fraction of sp³-hybridized carbons (Fsp3) is 0.680. The van der Waals surface area contributed by atoms with Gasteiger partial charge in [-0.05, 0) is 64.5 Å². The predicted octanol–water partition coefficient (Wildman–Crippen LogP) is 3.80. The predicted molar refractivity (Wildman–Crippen MR) is 123 cm³/mol. The first-order chi connectivity index (χ1) is 14.7. The van der Waals surface area contributed by atoms with E-state index in [1.807, 2.05) is 26.8 Å². The number of nitrogens with one attached hydrogen (secondary N) is 1. The molecule has 3 rings (SSSR count). The number of likely N-dealkylation sites (tertiary alicyclic amines) is 1. The Balaban J connectivity index is 1.44. The Labute approximate surface area is 187 Å². The molecule has 1 saturated heterocycles. The summed E-state index contributed by atoms with van der Waals surface area (Å²) in [5.74, 6) is 0.463. The van der Waals surface area contributed by atoms with Crippen molar-refractivity contribution in [2.24, 2.45) is 5.92 Å². The maximum Gasteiger partial charge on any atom is 0.410 e. The lowest BCUT2D eigenvalue weighted by Gasteiger charge is -2.43. The van der Waals surface area contributed by atoms with Crippen molar-refractivity contribution in [2.45, 2.75) is 63.9 Å². The van der Waals surface area contributed by atoms with Crippen LogP contribution in [0.5, 0.6) is 0 Å². The third kappa shape index (κ3) is 6.70. The van der Waals surface area contributed by atoms with Crippen molar-refractivity contribution in [3.8, 4) is 0 Å². The third-order valence-electron chi connectivity index (χ3n) is 6.53. The van der Waals surface area contributed by atoms with Crippen molar-refractivity contribution < 1.29 is 14.3 Å². The van der Waals surface area contributed by atoms with Crippen LogP contribution in [-0.2, 0) is 14.9 Å². The molecule has 0 radical (unpaired) electrons. The summed E-state index contributed by atoms with van der Waals surface area (Å²) in [6, 6.07) is 10.6. The first-order valence-electron chi connectivity index (χ1n) is 11.7. The molecule has 2 aliphatic rings. The molecule has 1 N–H and O–H groups in total. The van der Waals surface area contributed by atoms with E-state index in [0.29, 0.717) is 25.6 Å². The van der Waals surface area contributed by atoms with Gasteiger partial charge in [0, 0.05) is 32.1 Å². The van der Waals surface area contributed by atoms with Gasteiger partial charge < -0.3 is 15.0 Å². The van der Waals surface area contributed by atoms with Gasteiger partial charge in [0.05, 0.1) is 6.54 Å². The number of nitrogens with zero attached hydrogens (tertiary/aromatic N) is 2. The second-order valence-electron chi connectivity index (χ2n) is 10.4. The van der Waals surface area contributed by atoms with Crippen LogP contribution in [0.3, 0.4) is 0 Å². The lowest BCUT2D eigenvalue weighted by Crippen LogP contribution is -2.49. The second kappa shape index (κ2) is 10.0. The van der Waals surface area contributed by atoms with Gasteiger partial charge in [-0.1, -0.05) is 36.8 Å². The molecule has 6 nitrogen and oxygen atoms in total. The fourth-order valence-electron chi connectivity index (χ4n) is 4.74. The normalized spacial score (nSPS) is 21.1. The molecule has 31 heavy (non-hydrogen) atoms. The zero-order valence-corrected chi connectivity index (χ0v) is 19.7. The van der Waals surface area contributed by atoms with Gasteiger partial charge in [0.1, 0.15) is 5.60 Å². The van der Waals surface area contributed by atoms with E-state index in [1.54, 1.807) is 11.9 Å². The number of carbonyl (C=O) groups excluding carboxylic acids is 2. The maximum atomic E-state index is 12.7. The van der Waals surface area contributed by atoms with Crippen molar-refractivity contribution in [2.75, 3.05) is 39.8 Å². The molecule has 2 fully saturated rings. The van der Waals surface area contributed by atoms with Crippen molar-refractivity contribution in [3.05, 3.63) is 35.9 Å². The quantitative estimate of drug-likeness (QED) is 0.716. The number of hydrogen-bond donors (Lipinski definition) is 1. The molecule has 0 aromatic heterocycles. The molecule has 1 unspecified atom stereocenters. The summed E-state index contributed by atoms with van der Waals surface area (Å²) >= 11 is 0. The Hall–Kier alpha value is -2.08. The highest BCUT2D eigenvalue weighted by molar-refractivity contribution is 5.78. The van der Waals surface area contributed by atoms with Gasteiger partial charge >= 0.3 is 6.09 Å². The smallest absolute Gasteiger partial charge is 0.410 e. The van der Waals surface area contributed by atoms with Crippen molar-refractivity contribution >= 4 is 12.0 Å². The molecule has 1 aromatic rings. The molecular formula is C25H39N3O3. The summed E-state index contributed by atoms with van der Waals surface area (Å²) in [5, 5.41) is 3.21. The molecule has 1 atom stereocenters. The summed E-state index contributed by atoms with van der Waals surface area (Å²) in [6.45, 7) is 9.21. The van der Waals surface area contributed by atoms with Crippen molar-refractivity contribution in [1.29, 1.82) is 0 Å². The van der Waals surface area contributed by atoms with E-state index in [4.69, 9.17) is 4.74 Å². The lowest BCUT2D eigenvalue weighted by molar-refractivity contribution is -0.123. The van der Waals surface area contributed by atoms with Gasteiger partial charge in [-0.3, -0.25) is 9.69 Å². The zero-order chi connectivity index (χ0) is 22.5. The van der Waals surface area contributed by atoms with Crippen LogP contribution in [0.4, 0.5) is 4.79 Å². The van der Waals surface area contributed by atoms with Crippen LogP contribution in [0.25, 0.3) is 0 Å². The van der Waals surface area contributed by atoms with Crippen LogP contribution in [0.15, 0.2) is 30.3 Å². The van der Waals surface area contributed by atoms with E-state index in [1.165, 1.54) is 12.0 Å². The van der Waals surface area contributed by atoms with Gasteiger partial charge in [-0.2, -0.15) is 0 Å². The lowest BCUT2D eigenvalue weighted by atomic mass is 9.64. The van der Waals surface area contributed by atoms with Crippen molar-refractivity contribution in [1.82, 2.24) is 15.1 Å². The number of carbonyl (C=O) groups is 2. The Morgan fingerprint density at radius 1 is 1.19 bits per heavy atom. The summed E-state index contributed by atoms with van der Waals surface area (Å²) in [4.78, 5) is 28.8.